The third-order valence-corrected chi connectivity index (χ3v) is 2.42. The van der Waals surface area contributed by atoms with E-state index in [1.165, 1.54) is 18.2 Å². The third-order valence-electron chi connectivity index (χ3n) is 2.42. The molecule has 1 aromatic heterocycles. The summed E-state index contributed by atoms with van der Waals surface area (Å²) in [5.41, 5.74) is 0.853. The summed E-state index contributed by atoms with van der Waals surface area (Å²) >= 11 is 0. The maximum absolute atomic E-state index is 13.0. The summed E-state index contributed by atoms with van der Waals surface area (Å²) in [6, 6.07) is 5.60. The molecule has 2 rings (SSSR count). The van der Waals surface area contributed by atoms with Gasteiger partial charge in [0.25, 0.3) is 0 Å². The highest BCUT2D eigenvalue weighted by Crippen LogP contribution is 2.20. The molecule has 1 aromatic carbocycles. The summed E-state index contributed by atoms with van der Waals surface area (Å²) < 4.78 is 23.4. The molecule has 0 bridgehead atoms. The zero-order valence-corrected chi connectivity index (χ0v) is 9.64. The maximum Gasteiger partial charge on any atom is 0.338 e. The van der Waals surface area contributed by atoms with Gasteiger partial charge in [0.15, 0.2) is 0 Å². The number of aryl methyl sites for hydroxylation is 1. The normalized spacial score (nSPS) is 10.3. The average molecular weight is 250 g/mol. The van der Waals surface area contributed by atoms with Crippen LogP contribution < -0.4 is 4.74 Å². The van der Waals surface area contributed by atoms with Crippen molar-refractivity contribution in [1.29, 1.82) is 0 Å². The van der Waals surface area contributed by atoms with Crippen molar-refractivity contribution in [2.45, 2.75) is 13.5 Å². The molecule has 0 amide bonds. The molecule has 0 aliphatic heterocycles. The van der Waals surface area contributed by atoms with Crippen molar-refractivity contribution >= 4 is 5.97 Å². The number of carboxylic acid groups (broad SMARTS) is 1. The quantitative estimate of drug-likeness (QED) is 0.906. The Morgan fingerprint density at radius 1 is 1.44 bits per heavy atom. The predicted molar refractivity (Wildman–Crippen MR) is 61.1 cm³/mol. The largest absolute Gasteiger partial charge is 0.485 e. The molecule has 0 radical (unpaired) electrons. The van der Waals surface area contributed by atoms with Crippen LogP contribution in [-0.2, 0) is 6.61 Å². The Labute approximate surface area is 103 Å². The molecular formula is C13H11FO4. The van der Waals surface area contributed by atoms with E-state index in [4.69, 9.17) is 14.3 Å². The molecule has 1 N–H and O–H groups in total. The van der Waals surface area contributed by atoms with Gasteiger partial charge < -0.3 is 14.3 Å². The molecule has 2 aromatic rings. The van der Waals surface area contributed by atoms with Gasteiger partial charge in [-0.25, -0.2) is 9.18 Å². The SMILES string of the molecule is Cc1ccc(F)cc1OCc1cc(C(=O)O)co1. The Hall–Kier alpha value is -2.30. The fraction of sp³-hybridized carbons (Fsp3) is 0.154. The third kappa shape index (κ3) is 2.68. The first-order valence-corrected chi connectivity index (χ1v) is 5.26. The molecule has 0 saturated heterocycles. The molecule has 1 heterocycles. The van der Waals surface area contributed by atoms with Gasteiger partial charge in [0.2, 0.25) is 0 Å². The van der Waals surface area contributed by atoms with Crippen LogP contribution in [-0.4, -0.2) is 11.1 Å². The number of ether oxygens (including phenoxy) is 1. The van der Waals surface area contributed by atoms with Crippen LogP contribution in [0.4, 0.5) is 4.39 Å². The van der Waals surface area contributed by atoms with Gasteiger partial charge in [0, 0.05) is 6.07 Å². The predicted octanol–water partition coefficient (Wildman–Crippen LogP) is 3.00. The highest BCUT2D eigenvalue weighted by molar-refractivity contribution is 5.87. The lowest BCUT2D eigenvalue weighted by atomic mass is 10.2. The van der Waals surface area contributed by atoms with Crippen molar-refractivity contribution in [2.24, 2.45) is 0 Å². The highest BCUT2D eigenvalue weighted by Gasteiger charge is 2.09. The van der Waals surface area contributed by atoms with Crippen molar-refractivity contribution < 1.29 is 23.4 Å². The first-order valence-electron chi connectivity index (χ1n) is 5.26. The highest BCUT2D eigenvalue weighted by atomic mass is 19.1. The summed E-state index contributed by atoms with van der Waals surface area (Å²) in [5, 5.41) is 8.71. The Morgan fingerprint density at radius 2 is 2.22 bits per heavy atom. The van der Waals surface area contributed by atoms with Crippen LogP contribution in [0.15, 0.2) is 34.9 Å². The van der Waals surface area contributed by atoms with Gasteiger partial charge in [-0.15, -0.1) is 0 Å². The van der Waals surface area contributed by atoms with Gasteiger partial charge in [0.1, 0.15) is 30.2 Å². The number of benzene rings is 1. The molecule has 0 saturated carbocycles. The molecule has 0 unspecified atom stereocenters. The van der Waals surface area contributed by atoms with Crippen LogP contribution >= 0.6 is 0 Å². The lowest BCUT2D eigenvalue weighted by Gasteiger charge is -2.07. The van der Waals surface area contributed by atoms with Gasteiger partial charge in [-0.1, -0.05) is 6.07 Å². The van der Waals surface area contributed by atoms with E-state index >= 15 is 0 Å². The smallest absolute Gasteiger partial charge is 0.338 e. The standard InChI is InChI=1S/C13H11FO4/c1-8-2-3-10(14)5-12(8)18-7-11-4-9(6-17-11)13(15)16/h2-6H,7H2,1H3,(H,15,16). The number of carboxylic acids is 1. The zero-order chi connectivity index (χ0) is 13.1. The molecule has 94 valence electrons. The number of rotatable bonds is 4. The van der Waals surface area contributed by atoms with E-state index in [1.807, 2.05) is 0 Å². The van der Waals surface area contributed by atoms with Gasteiger partial charge in [-0.3, -0.25) is 0 Å². The summed E-state index contributed by atoms with van der Waals surface area (Å²) in [6.45, 7) is 1.84. The molecule has 18 heavy (non-hydrogen) atoms. The topological polar surface area (TPSA) is 59.7 Å². The van der Waals surface area contributed by atoms with E-state index < -0.39 is 5.97 Å². The molecule has 0 fully saturated rings. The zero-order valence-electron chi connectivity index (χ0n) is 9.64. The minimum atomic E-state index is -1.06. The van der Waals surface area contributed by atoms with Gasteiger partial charge >= 0.3 is 5.97 Å². The van der Waals surface area contributed by atoms with E-state index in [2.05, 4.69) is 0 Å². The average Bonchev–Trinajstić information content (AvgIpc) is 2.79. The first-order chi connectivity index (χ1) is 8.56. The molecule has 0 aliphatic carbocycles. The molecular weight excluding hydrogens is 239 g/mol. The monoisotopic (exact) mass is 250 g/mol. The van der Waals surface area contributed by atoms with Crippen LogP contribution in [0.1, 0.15) is 21.7 Å². The lowest BCUT2D eigenvalue weighted by molar-refractivity contribution is 0.0696. The Kier molecular flexibility index (Phi) is 3.32. The van der Waals surface area contributed by atoms with Crippen LogP contribution in [0.2, 0.25) is 0 Å². The Balaban J connectivity index is 2.06. The molecule has 0 aliphatic rings. The lowest BCUT2D eigenvalue weighted by Crippen LogP contribution is -1.97. The summed E-state index contributed by atoms with van der Waals surface area (Å²) in [4.78, 5) is 10.6. The maximum atomic E-state index is 13.0. The van der Waals surface area contributed by atoms with E-state index in [1.54, 1.807) is 13.0 Å². The van der Waals surface area contributed by atoms with Gasteiger partial charge in [0.05, 0.1) is 5.56 Å². The Morgan fingerprint density at radius 3 is 2.89 bits per heavy atom. The minimum absolute atomic E-state index is 0.0531. The van der Waals surface area contributed by atoms with Crippen molar-refractivity contribution in [3.63, 3.8) is 0 Å². The minimum Gasteiger partial charge on any atom is -0.485 e. The van der Waals surface area contributed by atoms with Crippen molar-refractivity contribution in [3.05, 3.63) is 53.2 Å². The number of aromatic carboxylic acids is 1. The second-order valence-electron chi connectivity index (χ2n) is 3.81. The first kappa shape index (κ1) is 12.2. The van der Waals surface area contributed by atoms with Crippen LogP contribution in [0, 0.1) is 12.7 Å². The van der Waals surface area contributed by atoms with Crippen molar-refractivity contribution in [3.8, 4) is 5.75 Å². The van der Waals surface area contributed by atoms with Crippen LogP contribution in [0.3, 0.4) is 0 Å². The van der Waals surface area contributed by atoms with Crippen LogP contribution in [0.5, 0.6) is 5.75 Å². The van der Waals surface area contributed by atoms with E-state index in [9.17, 15) is 9.18 Å². The molecule has 0 atom stereocenters. The number of furan rings is 1. The van der Waals surface area contributed by atoms with E-state index in [0.717, 1.165) is 11.8 Å². The number of hydrogen-bond acceptors (Lipinski definition) is 3. The summed E-state index contributed by atoms with van der Waals surface area (Å²) in [6.07, 6.45) is 1.14. The second-order valence-corrected chi connectivity index (χ2v) is 3.81. The summed E-state index contributed by atoms with van der Waals surface area (Å²) in [7, 11) is 0. The van der Waals surface area contributed by atoms with Gasteiger partial charge in [-0.05, 0) is 24.6 Å². The fourth-order valence-electron chi connectivity index (χ4n) is 1.45. The Bertz CT molecular complexity index is 574. The van der Waals surface area contributed by atoms with E-state index in [-0.39, 0.29) is 18.0 Å². The van der Waals surface area contributed by atoms with Gasteiger partial charge in [-0.2, -0.15) is 0 Å². The number of hydrogen-bond donors (Lipinski definition) is 1. The van der Waals surface area contributed by atoms with E-state index in [0.29, 0.717) is 11.5 Å². The molecule has 0 spiro atoms. The van der Waals surface area contributed by atoms with Crippen molar-refractivity contribution in [1.82, 2.24) is 0 Å². The fourth-order valence-corrected chi connectivity index (χ4v) is 1.45. The van der Waals surface area contributed by atoms with Crippen molar-refractivity contribution in [2.75, 3.05) is 0 Å². The molecule has 4 nitrogen and oxygen atoms in total. The summed E-state index contributed by atoms with van der Waals surface area (Å²) in [5.74, 6) is -0.674. The molecule has 5 heteroatoms. The second kappa shape index (κ2) is 4.91. The van der Waals surface area contributed by atoms with Crippen LogP contribution in [0.25, 0.3) is 0 Å². The number of halogens is 1. The number of carbonyl (C=O) groups is 1.